The largest absolute Gasteiger partial charge is 0.482 e. The number of ether oxygens (including phenoxy) is 1. The van der Waals surface area contributed by atoms with Crippen molar-refractivity contribution in [3.63, 3.8) is 0 Å². The normalized spacial score (nSPS) is 28.3. The van der Waals surface area contributed by atoms with E-state index < -0.39 is 0 Å². The smallest absolute Gasteiger partial charge is 0.346 e. The minimum absolute atomic E-state index is 0.177. The average Bonchev–Trinajstić information content (AvgIpc) is 2.36. The highest BCUT2D eigenvalue weighted by atomic mass is 16.5. The Hall–Kier alpha value is -1.51. The molecule has 1 fully saturated rings. The second-order valence-electron chi connectivity index (χ2n) is 7.48. The summed E-state index contributed by atoms with van der Waals surface area (Å²) in [6.45, 7) is 8.63. The number of rotatable bonds is 0. The van der Waals surface area contributed by atoms with E-state index in [-0.39, 0.29) is 16.6 Å². The Morgan fingerprint density at radius 1 is 1.29 bits per heavy atom. The summed E-state index contributed by atoms with van der Waals surface area (Å²) < 4.78 is 11.6. The summed E-state index contributed by atoms with van der Waals surface area (Å²) in [4.78, 5) is 11.9. The molecule has 3 rings (SSSR count). The lowest BCUT2D eigenvalue weighted by atomic mass is 9.63. The van der Waals surface area contributed by atoms with Crippen LogP contribution in [0.3, 0.4) is 0 Å². The molecule has 0 N–H and O–H groups in total. The van der Waals surface area contributed by atoms with Gasteiger partial charge in [0.15, 0.2) is 0 Å². The van der Waals surface area contributed by atoms with Crippen molar-refractivity contribution in [3.05, 3.63) is 33.9 Å². The zero-order valence-electron chi connectivity index (χ0n) is 13.4. The van der Waals surface area contributed by atoms with Gasteiger partial charge in [0.25, 0.3) is 0 Å². The number of hydrogen-bond donors (Lipinski definition) is 0. The fourth-order valence-electron chi connectivity index (χ4n) is 3.95. The summed E-state index contributed by atoms with van der Waals surface area (Å²) in [5.41, 5.74) is 0.143. The maximum Gasteiger partial charge on any atom is 0.346 e. The predicted octanol–water partition coefficient (Wildman–Crippen LogP) is 4.33. The van der Waals surface area contributed by atoms with Gasteiger partial charge in [0.1, 0.15) is 22.7 Å². The molecule has 1 aromatic heterocycles. The summed E-state index contributed by atoms with van der Waals surface area (Å²) in [7, 11) is 0. The van der Waals surface area contributed by atoms with E-state index >= 15 is 0 Å². The summed E-state index contributed by atoms with van der Waals surface area (Å²) in [5.74, 6) is 1.74. The quantitative estimate of drug-likeness (QED) is 0.713. The van der Waals surface area contributed by atoms with Crippen LogP contribution in [0.2, 0.25) is 0 Å². The van der Waals surface area contributed by atoms with Crippen molar-refractivity contribution in [2.24, 2.45) is 11.3 Å². The first kappa shape index (κ1) is 14.4. The number of aryl methyl sites for hydroxylation is 1. The van der Waals surface area contributed by atoms with Crippen LogP contribution in [0.4, 0.5) is 0 Å². The Labute approximate surface area is 126 Å². The first-order chi connectivity index (χ1) is 9.82. The lowest BCUT2D eigenvalue weighted by molar-refractivity contribution is -0.0343. The van der Waals surface area contributed by atoms with Crippen molar-refractivity contribution >= 4 is 6.08 Å². The minimum Gasteiger partial charge on any atom is -0.482 e. The minimum atomic E-state index is -0.306. The molecular weight excluding hydrogens is 264 g/mol. The van der Waals surface area contributed by atoms with Gasteiger partial charge in [0.05, 0.1) is 0 Å². The monoisotopic (exact) mass is 288 g/mol. The lowest BCUT2D eigenvalue weighted by Gasteiger charge is -2.49. The Morgan fingerprint density at radius 3 is 2.76 bits per heavy atom. The van der Waals surface area contributed by atoms with Crippen LogP contribution in [0.15, 0.2) is 21.4 Å². The standard InChI is InChI=1S/C18H24O3/c1-12-11-14-13(16(19)20-12)8-10-18(21-14)9-6-5-7-15(18)17(2,3)4/h8,10-11,15H,5-7,9H2,1-4H3/t15-,18+/m1/s1. The second kappa shape index (κ2) is 4.75. The topological polar surface area (TPSA) is 39.4 Å². The van der Waals surface area contributed by atoms with Crippen LogP contribution in [0.5, 0.6) is 5.75 Å². The van der Waals surface area contributed by atoms with E-state index in [4.69, 9.17) is 9.15 Å². The van der Waals surface area contributed by atoms with E-state index in [9.17, 15) is 4.79 Å². The third-order valence-electron chi connectivity index (χ3n) is 4.85. The van der Waals surface area contributed by atoms with Crippen molar-refractivity contribution in [2.45, 2.75) is 59.0 Å². The van der Waals surface area contributed by atoms with Crippen LogP contribution in [0.1, 0.15) is 57.8 Å². The van der Waals surface area contributed by atoms with Gasteiger partial charge in [-0.05, 0) is 43.8 Å². The first-order valence-electron chi connectivity index (χ1n) is 7.85. The van der Waals surface area contributed by atoms with Crippen molar-refractivity contribution in [2.75, 3.05) is 0 Å². The van der Waals surface area contributed by atoms with E-state index in [1.165, 1.54) is 19.3 Å². The van der Waals surface area contributed by atoms with Crippen LogP contribution in [-0.2, 0) is 0 Å². The van der Waals surface area contributed by atoms with Crippen LogP contribution < -0.4 is 10.4 Å². The second-order valence-corrected chi connectivity index (χ2v) is 7.48. The highest BCUT2D eigenvalue weighted by Crippen LogP contribution is 2.49. The van der Waals surface area contributed by atoms with E-state index in [1.807, 2.05) is 12.1 Å². The molecule has 2 heterocycles. The van der Waals surface area contributed by atoms with Gasteiger partial charge in [-0.2, -0.15) is 0 Å². The van der Waals surface area contributed by atoms with Gasteiger partial charge in [-0.3, -0.25) is 0 Å². The van der Waals surface area contributed by atoms with E-state index in [2.05, 4.69) is 26.8 Å². The fraction of sp³-hybridized carbons (Fsp3) is 0.611. The summed E-state index contributed by atoms with van der Waals surface area (Å²) >= 11 is 0. The van der Waals surface area contributed by atoms with Crippen LogP contribution >= 0.6 is 0 Å². The molecule has 114 valence electrons. The van der Waals surface area contributed by atoms with Gasteiger partial charge >= 0.3 is 5.63 Å². The Bertz CT molecular complexity index is 633. The Balaban J connectivity index is 2.06. The molecule has 3 heteroatoms. The van der Waals surface area contributed by atoms with Crippen LogP contribution in [0, 0.1) is 18.3 Å². The van der Waals surface area contributed by atoms with Crippen LogP contribution in [-0.4, -0.2) is 5.60 Å². The molecular formula is C18H24O3. The van der Waals surface area contributed by atoms with Crippen molar-refractivity contribution in [1.29, 1.82) is 0 Å². The van der Waals surface area contributed by atoms with Crippen molar-refractivity contribution in [3.8, 4) is 5.75 Å². The van der Waals surface area contributed by atoms with Crippen molar-refractivity contribution in [1.82, 2.24) is 0 Å². The molecule has 0 unspecified atom stereocenters. The fourth-order valence-corrected chi connectivity index (χ4v) is 3.95. The summed E-state index contributed by atoms with van der Waals surface area (Å²) in [5, 5.41) is 0. The van der Waals surface area contributed by atoms with E-state index in [0.717, 1.165) is 6.42 Å². The van der Waals surface area contributed by atoms with E-state index in [0.29, 0.717) is 23.0 Å². The zero-order chi connectivity index (χ0) is 15.3. The number of hydrogen-bond acceptors (Lipinski definition) is 3. The molecule has 0 saturated heterocycles. The third-order valence-corrected chi connectivity index (χ3v) is 4.85. The molecule has 0 amide bonds. The molecule has 21 heavy (non-hydrogen) atoms. The maximum absolute atomic E-state index is 11.9. The van der Waals surface area contributed by atoms with Crippen molar-refractivity contribution < 1.29 is 9.15 Å². The first-order valence-corrected chi connectivity index (χ1v) is 7.85. The molecule has 1 aliphatic carbocycles. The van der Waals surface area contributed by atoms with Gasteiger partial charge in [-0.25, -0.2) is 4.79 Å². The SMILES string of the molecule is Cc1cc2c(c(=O)o1)C=C[C@]1(CCCC[C@@H]1C(C)(C)C)O2. The lowest BCUT2D eigenvalue weighted by Crippen LogP contribution is -2.50. The molecule has 0 bridgehead atoms. The molecule has 0 radical (unpaired) electrons. The van der Waals surface area contributed by atoms with E-state index in [1.54, 1.807) is 6.92 Å². The van der Waals surface area contributed by atoms with Gasteiger partial charge in [0.2, 0.25) is 0 Å². The van der Waals surface area contributed by atoms with Gasteiger partial charge in [-0.1, -0.05) is 27.2 Å². The molecule has 1 spiro atoms. The summed E-state index contributed by atoms with van der Waals surface area (Å²) in [6, 6.07) is 1.84. The van der Waals surface area contributed by atoms with Gasteiger partial charge in [-0.15, -0.1) is 0 Å². The number of fused-ring (bicyclic) bond motifs is 1. The van der Waals surface area contributed by atoms with Gasteiger partial charge < -0.3 is 9.15 Å². The molecule has 1 saturated carbocycles. The third kappa shape index (κ3) is 2.43. The molecule has 1 aliphatic heterocycles. The molecule has 3 nitrogen and oxygen atoms in total. The zero-order valence-corrected chi connectivity index (χ0v) is 13.4. The maximum atomic E-state index is 11.9. The Kier molecular flexibility index (Phi) is 3.27. The van der Waals surface area contributed by atoms with Gasteiger partial charge in [0, 0.05) is 12.0 Å². The molecule has 2 atom stereocenters. The molecule has 0 aromatic carbocycles. The highest BCUT2D eigenvalue weighted by molar-refractivity contribution is 5.60. The highest BCUT2D eigenvalue weighted by Gasteiger charge is 2.48. The van der Waals surface area contributed by atoms with Crippen LogP contribution in [0.25, 0.3) is 6.08 Å². The molecule has 1 aromatic rings. The predicted molar refractivity (Wildman–Crippen MR) is 83.5 cm³/mol. The molecule has 2 aliphatic rings. The average molecular weight is 288 g/mol. The summed E-state index contributed by atoms with van der Waals surface area (Å²) in [6.07, 6.45) is 8.63. The Morgan fingerprint density at radius 2 is 2.05 bits per heavy atom.